The molecule has 2 rings (SSSR count). The molecule has 1 heterocycles. The molecule has 0 saturated carbocycles. The second-order valence-electron chi connectivity index (χ2n) is 3.92. The van der Waals surface area contributed by atoms with Crippen LogP contribution >= 0.6 is 11.3 Å². The van der Waals surface area contributed by atoms with Gasteiger partial charge in [-0.2, -0.15) is 5.10 Å². The first-order chi connectivity index (χ1) is 9.25. The van der Waals surface area contributed by atoms with Crippen molar-refractivity contribution in [2.75, 3.05) is 0 Å². The van der Waals surface area contributed by atoms with E-state index >= 15 is 0 Å². The predicted molar refractivity (Wildman–Crippen MR) is 80.4 cm³/mol. The van der Waals surface area contributed by atoms with E-state index in [-0.39, 0.29) is 5.91 Å². The molecular weight excluding hydrogens is 256 g/mol. The number of benzene rings is 1. The van der Waals surface area contributed by atoms with E-state index in [1.165, 1.54) is 11.3 Å². The van der Waals surface area contributed by atoms with Gasteiger partial charge in [0.05, 0.1) is 10.6 Å². The Morgan fingerprint density at radius 2 is 2.00 bits per heavy atom. The number of allylic oxidation sites excluding steroid dienone is 1. The first-order valence-corrected chi connectivity index (χ1v) is 6.75. The van der Waals surface area contributed by atoms with Crippen LogP contribution in [-0.4, -0.2) is 11.6 Å². The van der Waals surface area contributed by atoms with E-state index in [0.717, 1.165) is 11.3 Å². The first-order valence-electron chi connectivity index (χ1n) is 5.87. The lowest BCUT2D eigenvalue weighted by atomic mass is 10.2. The number of nitrogens with one attached hydrogen (secondary N) is 1. The predicted octanol–water partition coefficient (Wildman–Crippen LogP) is 3.57. The summed E-state index contributed by atoms with van der Waals surface area (Å²) in [5.74, 6) is -0.178. The number of carbonyl (C=O) groups excluding carboxylic acids is 1. The first kappa shape index (κ1) is 13.2. The van der Waals surface area contributed by atoms with Crippen LogP contribution < -0.4 is 5.43 Å². The molecule has 0 saturated heterocycles. The summed E-state index contributed by atoms with van der Waals surface area (Å²) >= 11 is 1.39. The number of amides is 1. The standard InChI is InChI=1S/C15H14N2OS/c1-12(9-10-13-6-3-2-4-7-13)16-17-15(18)14-8-5-11-19-14/h2-11H,1H3,(H,17,18)/b10-9-,16-12?. The molecule has 1 aromatic carbocycles. The minimum absolute atomic E-state index is 0.178. The van der Waals surface area contributed by atoms with Crippen LogP contribution in [0.1, 0.15) is 22.2 Å². The van der Waals surface area contributed by atoms with Crippen LogP contribution in [0, 0.1) is 0 Å². The number of thiophene rings is 1. The molecule has 1 amide bonds. The maximum absolute atomic E-state index is 11.7. The fourth-order valence-electron chi connectivity index (χ4n) is 1.42. The maximum Gasteiger partial charge on any atom is 0.281 e. The lowest BCUT2D eigenvalue weighted by molar-refractivity contribution is 0.0959. The highest BCUT2D eigenvalue weighted by Gasteiger charge is 2.03. The van der Waals surface area contributed by atoms with E-state index in [1.807, 2.05) is 60.9 Å². The molecule has 4 heteroatoms. The van der Waals surface area contributed by atoms with Crippen LogP contribution in [0.3, 0.4) is 0 Å². The zero-order valence-electron chi connectivity index (χ0n) is 10.5. The van der Waals surface area contributed by atoms with E-state index in [1.54, 1.807) is 6.07 Å². The zero-order valence-corrected chi connectivity index (χ0v) is 11.4. The third-order valence-electron chi connectivity index (χ3n) is 2.40. The highest BCUT2D eigenvalue weighted by atomic mass is 32.1. The maximum atomic E-state index is 11.7. The largest absolute Gasteiger partial charge is 0.281 e. The highest BCUT2D eigenvalue weighted by molar-refractivity contribution is 7.12. The van der Waals surface area contributed by atoms with Gasteiger partial charge in [-0.05, 0) is 30.0 Å². The molecule has 0 spiro atoms. The summed E-state index contributed by atoms with van der Waals surface area (Å²) in [7, 11) is 0. The van der Waals surface area contributed by atoms with Gasteiger partial charge in [0.25, 0.3) is 5.91 Å². The Morgan fingerprint density at radius 1 is 1.21 bits per heavy atom. The molecular formula is C15H14N2OS. The fraction of sp³-hybridized carbons (Fsp3) is 0.0667. The van der Waals surface area contributed by atoms with E-state index < -0.39 is 0 Å². The molecule has 0 aliphatic rings. The SMILES string of the molecule is CC(/C=C\c1ccccc1)=NNC(=O)c1cccs1. The summed E-state index contributed by atoms with van der Waals surface area (Å²) in [5, 5.41) is 5.89. The summed E-state index contributed by atoms with van der Waals surface area (Å²) in [4.78, 5) is 12.3. The molecule has 0 bridgehead atoms. The van der Waals surface area contributed by atoms with E-state index in [9.17, 15) is 4.79 Å². The van der Waals surface area contributed by atoms with Crippen molar-refractivity contribution in [3.63, 3.8) is 0 Å². The highest BCUT2D eigenvalue weighted by Crippen LogP contribution is 2.07. The number of hydrogen-bond acceptors (Lipinski definition) is 3. The molecule has 19 heavy (non-hydrogen) atoms. The average molecular weight is 270 g/mol. The zero-order chi connectivity index (χ0) is 13.5. The van der Waals surface area contributed by atoms with Crippen molar-refractivity contribution in [3.05, 3.63) is 64.4 Å². The Morgan fingerprint density at radius 3 is 2.68 bits per heavy atom. The summed E-state index contributed by atoms with van der Waals surface area (Å²) in [6.45, 7) is 1.84. The van der Waals surface area contributed by atoms with Crippen LogP contribution in [-0.2, 0) is 0 Å². The second-order valence-corrected chi connectivity index (χ2v) is 4.86. The molecule has 1 N–H and O–H groups in total. The average Bonchev–Trinajstić information content (AvgIpc) is 2.98. The Balaban J connectivity index is 1.93. The summed E-state index contributed by atoms with van der Waals surface area (Å²) in [6.07, 6.45) is 3.82. The Bertz CT molecular complexity index is 586. The fourth-order valence-corrected chi connectivity index (χ4v) is 2.03. The molecule has 0 aliphatic carbocycles. The van der Waals surface area contributed by atoms with Gasteiger partial charge in [-0.1, -0.05) is 42.5 Å². The van der Waals surface area contributed by atoms with Crippen molar-refractivity contribution in [2.45, 2.75) is 6.92 Å². The van der Waals surface area contributed by atoms with E-state index in [0.29, 0.717) is 4.88 Å². The quantitative estimate of drug-likeness (QED) is 0.669. The monoisotopic (exact) mass is 270 g/mol. The van der Waals surface area contributed by atoms with Crippen LogP contribution in [0.2, 0.25) is 0 Å². The van der Waals surface area contributed by atoms with Gasteiger partial charge in [0.15, 0.2) is 0 Å². The van der Waals surface area contributed by atoms with Gasteiger partial charge in [0, 0.05) is 0 Å². The molecule has 0 radical (unpaired) electrons. The van der Waals surface area contributed by atoms with Crippen molar-refractivity contribution in [1.29, 1.82) is 0 Å². The van der Waals surface area contributed by atoms with Crippen LogP contribution in [0.25, 0.3) is 6.08 Å². The summed E-state index contributed by atoms with van der Waals surface area (Å²) < 4.78 is 0. The number of hydrazone groups is 1. The Labute approximate surface area is 116 Å². The Hall–Kier alpha value is -2.20. The van der Waals surface area contributed by atoms with Crippen LogP contribution in [0.5, 0.6) is 0 Å². The van der Waals surface area contributed by atoms with Crippen LogP contribution in [0.4, 0.5) is 0 Å². The van der Waals surface area contributed by atoms with Gasteiger partial charge in [-0.3, -0.25) is 4.79 Å². The summed E-state index contributed by atoms with van der Waals surface area (Å²) in [6, 6.07) is 13.5. The number of rotatable bonds is 4. The topological polar surface area (TPSA) is 41.5 Å². The smallest absolute Gasteiger partial charge is 0.266 e. The number of carbonyl (C=O) groups is 1. The third-order valence-corrected chi connectivity index (χ3v) is 3.26. The van der Waals surface area contributed by atoms with E-state index in [2.05, 4.69) is 10.5 Å². The van der Waals surface area contributed by atoms with Crippen molar-refractivity contribution >= 4 is 29.0 Å². The van der Waals surface area contributed by atoms with Gasteiger partial charge in [-0.25, -0.2) is 5.43 Å². The second kappa shape index (κ2) is 6.66. The molecule has 3 nitrogen and oxygen atoms in total. The Kier molecular flexibility index (Phi) is 4.64. The van der Waals surface area contributed by atoms with Gasteiger partial charge < -0.3 is 0 Å². The molecule has 0 unspecified atom stereocenters. The third kappa shape index (κ3) is 4.19. The van der Waals surface area contributed by atoms with Gasteiger partial charge in [0.1, 0.15) is 0 Å². The molecule has 96 valence electrons. The minimum Gasteiger partial charge on any atom is -0.266 e. The summed E-state index contributed by atoms with van der Waals surface area (Å²) in [5.41, 5.74) is 4.37. The van der Waals surface area contributed by atoms with Gasteiger partial charge >= 0.3 is 0 Å². The van der Waals surface area contributed by atoms with E-state index in [4.69, 9.17) is 0 Å². The normalized spacial score (nSPS) is 11.7. The molecule has 2 aromatic rings. The molecule has 1 aromatic heterocycles. The van der Waals surface area contributed by atoms with Crippen LogP contribution in [0.15, 0.2) is 59.0 Å². The minimum atomic E-state index is -0.178. The molecule has 0 aliphatic heterocycles. The van der Waals surface area contributed by atoms with Gasteiger partial charge in [0.2, 0.25) is 0 Å². The number of hydrogen-bond donors (Lipinski definition) is 1. The van der Waals surface area contributed by atoms with Crippen molar-refractivity contribution in [3.8, 4) is 0 Å². The van der Waals surface area contributed by atoms with Crippen molar-refractivity contribution in [1.82, 2.24) is 5.43 Å². The van der Waals surface area contributed by atoms with Crippen molar-refractivity contribution < 1.29 is 4.79 Å². The van der Waals surface area contributed by atoms with Gasteiger partial charge in [-0.15, -0.1) is 11.3 Å². The lowest BCUT2D eigenvalue weighted by Crippen LogP contribution is -2.17. The lowest BCUT2D eigenvalue weighted by Gasteiger charge is -1.97. The molecule has 0 atom stereocenters. The molecule has 0 fully saturated rings. The van der Waals surface area contributed by atoms with Crippen molar-refractivity contribution in [2.24, 2.45) is 5.10 Å². The number of nitrogens with zero attached hydrogens (tertiary/aromatic N) is 1.